The summed E-state index contributed by atoms with van der Waals surface area (Å²) in [6.45, 7) is 1.74. The summed E-state index contributed by atoms with van der Waals surface area (Å²) in [5.74, 6) is -0.306. The number of carbonyl (C=O) groups is 1. The van der Waals surface area contributed by atoms with Crippen LogP contribution < -0.4 is 16.6 Å². The molecule has 3 N–H and O–H groups in total. The molecule has 1 aromatic carbocycles. The molecule has 104 valence electrons. The highest BCUT2D eigenvalue weighted by Gasteiger charge is 2.08. The fourth-order valence-corrected chi connectivity index (χ4v) is 2.05. The molecule has 1 aromatic heterocycles. The van der Waals surface area contributed by atoms with Crippen molar-refractivity contribution in [3.63, 3.8) is 0 Å². The normalized spacial score (nSPS) is 10.3. The topological polar surface area (TPSA) is 90.0 Å². The Bertz CT molecular complexity index is 712. The van der Waals surface area contributed by atoms with Crippen LogP contribution in [0, 0.1) is 6.92 Å². The molecule has 0 saturated carbocycles. The summed E-state index contributed by atoms with van der Waals surface area (Å²) in [6.07, 6.45) is 2.71. The number of anilines is 2. The standard InChI is InChI=1S/C13H13BrN4O2/c1-8-4-9(15)2-3-11(8)17-12(19)6-18-7-16-5-10(14)13(18)20/h2-5,7H,6,15H2,1H3,(H,17,19). The predicted molar refractivity (Wildman–Crippen MR) is 80.4 cm³/mol. The Hall–Kier alpha value is -2.15. The summed E-state index contributed by atoms with van der Waals surface area (Å²) in [5.41, 5.74) is 7.50. The number of hydrogen-bond donors (Lipinski definition) is 2. The van der Waals surface area contributed by atoms with Crippen molar-refractivity contribution >= 4 is 33.2 Å². The van der Waals surface area contributed by atoms with Gasteiger partial charge in [-0.25, -0.2) is 4.98 Å². The van der Waals surface area contributed by atoms with Crippen LogP contribution in [0.1, 0.15) is 5.56 Å². The van der Waals surface area contributed by atoms with Crippen LogP contribution >= 0.6 is 15.9 Å². The first-order valence-corrected chi connectivity index (χ1v) is 6.62. The van der Waals surface area contributed by atoms with Crippen LogP contribution in [0.5, 0.6) is 0 Å². The molecule has 0 atom stereocenters. The van der Waals surface area contributed by atoms with E-state index in [0.717, 1.165) is 5.56 Å². The molecule has 0 bridgehead atoms. The van der Waals surface area contributed by atoms with Gasteiger partial charge < -0.3 is 11.1 Å². The number of aromatic nitrogens is 2. The Morgan fingerprint density at radius 3 is 2.95 bits per heavy atom. The number of hydrogen-bond acceptors (Lipinski definition) is 4. The van der Waals surface area contributed by atoms with E-state index in [-0.39, 0.29) is 18.0 Å². The van der Waals surface area contributed by atoms with Gasteiger partial charge in [0.05, 0.1) is 6.33 Å². The zero-order valence-electron chi connectivity index (χ0n) is 10.8. The molecule has 0 saturated heterocycles. The molecule has 0 radical (unpaired) electrons. The van der Waals surface area contributed by atoms with Crippen LogP contribution in [0.15, 0.2) is 40.0 Å². The summed E-state index contributed by atoms with van der Waals surface area (Å²) in [4.78, 5) is 27.5. The van der Waals surface area contributed by atoms with Gasteiger partial charge in [-0.05, 0) is 46.6 Å². The first-order valence-electron chi connectivity index (χ1n) is 5.83. The monoisotopic (exact) mass is 336 g/mol. The molecule has 6 nitrogen and oxygen atoms in total. The molecular formula is C13H13BrN4O2. The summed E-state index contributed by atoms with van der Waals surface area (Å²) >= 11 is 3.08. The molecule has 0 aliphatic carbocycles. The molecule has 0 unspecified atom stereocenters. The number of nitrogens with one attached hydrogen (secondary N) is 1. The van der Waals surface area contributed by atoms with Gasteiger partial charge in [-0.3, -0.25) is 14.2 Å². The number of nitrogen functional groups attached to an aromatic ring is 1. The van der Waals surface area contributed by atoms with Gasteiger partial charge in [-0.2, -0.15) is 0 Å². The van der Waals surface area contributed by atoms with E-state index in [2.05, 4.69) is 26.2 Å². The van der Waals surface area contributed by atoms with Crippen molar-refractivity contribution in [3.8, 4) is 0 Å². The number of aryl methyl sites for hydroxylation is 1. The van der Waals surface area contributed by atoms with Gasteiger partial charge in [0.25, 0.3) is 5.56 Å². The zero-order valence-corrected chi connectivity index (χ0v) is 12.3. The third-order valence-electron chi connectivity index (χ3n) is 2.70. The highest BCUT2D eigenvalue weighted by atomic mass is 79.9. The van der Waals surface area contributed by atoms with Gasteiger partial charge in [0, 0.05) is 17.6 Å². The van der Waals surface area contributed by atoms with Gasteiger partial charge >= 0.3 is 0 Å². The Morgan fingerprint density at radius 1 is 1.50 bits per heavy atom. The van der Waals surface area contributed by atoms with E-state index in [1.54, 1.807) is 18.2 Å². The number of carbonyl (C=O) groups excluding carboxylic acids is 1. The van der Waals surface area contributed by atoms with Crippen molar-refractivity contribution < 1.29 is 4.79 Å². The number of benzene rings is 1. The lowest BCUT2D eigenvalue weighted by molar-refractivity contribution is -0.116. The van der Waals surface area contributed by atoms with Gasteiger partial charge in [-0.15, -0.1) is 0 Å². The van der Waals surface area contributed by atoms with Gasteiger partial charge in [0.1, 0.15) is 11.0 Å². The maximum absolute atomic E-state index is 11.9. The van der Waals surface area contributed by atoms with E-state index in [1.807, 2.05) is 6.92 Å². The van der Waals surface area contributed by atoms with E-state index in [0.29, 0.717) is 15.8 Å². The van der Waals surface area contributed by atoms with E-state index >= 15 is 0 Å². The fourth-order valence-electron chi connectivity index (χ4n) is 1.71. The molecule has 1 heterocycles. The third-order valence-corrected chi connectivity index (χ3v) is 3.24. The minimum absolute atomic E-state index is 0.102. The molecule has 0 fully saturated rings. The van der Waals surface area contributed by atoms with Crippen molar-refractivity contribution in [1.29, 1.82) is 0 Å². The first-order chi connectivity index (χ1) is 9.47. The van der Waals surface area contributed by atoms with Gasteiger partial charge in [-0.1, -0.05) is 0 Å². The first kappa shape index (κ1) is 14.3. The fraction of sp³-hybridized carbons (Fsp3) is 0.154. The Kier molecular flexibility index (Phi) is 4.19. The van der Waals surface area contributed by atoms with Crippen molar-refractivity contribution in [3.05, 3.63) is 51.1 Å². The zero-order chi connectivity index (χ0) is 14.7. The Labute approximate surface area is 123 Å². The molecule has 20 heavy (non-hydrogen) atoms. The molecule has 0 aliphatic heterocycles. The summed E-state index contributed by atoms with van der Waals surface area (Å²) < 4.78 is 1.54. The largest absolute Gasteiger partial charge is 0.399 e. The lowest BCUT2D eigenvalue weighted by atomic mass is 10.2. The predicted octanol–water partition coefficient (Wildman–Crippen LogP) is 1.54. The molecule has 2 rings (SSSR count). The molecule has 0 aliphatic rings. The van der Waals surface area contributed by atoms with Crippen LogP contribution in [-0.2, 0) is 11.3 Å². The van der Waals surface area contributed by atoms with Crippen LogP contribution in [0.3, 0.4) is 0 Å². The minimum Gasteiger partial charge on any atom is -0.399 e. The number of nitrogens with two attached hydrogens (primary N) is 1. The molecular weight excluding hydrogens is 324 g/mol. The van der Waals surface area contributed by atoms with E-state index < -0.39 is 0 Å². The van der Waals surface area contributed by atoms with E-state index in [9.17, 15) is 9.59 Å². The highest BCUT2D eigenvalue weighted by molar-refractivity contribution is 9.10. The number of amides is 1. The number of halogens is 1. The van der Waals surface area contributed by atoms with Crippen molar-refractivity contribution in [2.24, 2.45) is 0 Å². The number of nitrogens with zero attached hydrogens (tertiary/aromatic N) is 2. The lowest BCUT2D eigenvalue weighted by Crippen LogP contribution is -2.28. The van der Waals surface area contributed by atoms with Gasteiger partial charge in [0.15, 0.2) is 0 Å². The highest BCUT2D eigenvalue weighted by Crippen LogP contribution is 2.17. The average Bonchev–Trinajstić information content (AvgIpc) is 2.38. The average molecular weight is 337 g/mol. The maximum atomic E-state index is 11.9. The van der Waals surface area contributed by atoms with Crippen LogP contribution in [0.2, 0.25) is 0 Å². The second-order valence-corrected chi connectivity index (χ2v) is 5.15. The maximum Gasteiger partial charge on any atom is 0.268 e. The summed E-state index contributed by atoms with van der Waals surface area (Å²) in [7, 11) is 0. The second-order valence-electron chi connectivity index (χ2n) is 4.30. The van der Waals surface area contributed by atoms with Crippen LogP contribution in [-0.4, -0.2) is 15.5 Å². The van der Waals surface area contributed by atoms with Crippen molar-refractivity contribution in [2.45, 2.75) is 13.5 Å². The van der Waals surface area contributed by atoms with Crippen molar-refractivity contribution in [1.82, 2.24) is 9.55 Å². The molecule has 1 amide bonds. The van der Waals surface area contributed by atoms with Crippen LogP contribution in [0.4, 0.5) is 11.4 Å². The quantitative estimate of drug-likeness (QED) is 0.832. The second kappa shape index (κ2) is 5.87. The molecule has 0 spiro atoms. The summed E-state index contributed by atoms with van der Waals surface area (Å²) in [5, 5.41) is 2.74. The van der Waals surface area contributed by atoms with Gasteiger partial charge in [0.2, 0.25) is 5.91 Å². The third kappa shape index (κ3) is 3.24. The molecule has 7 heteroatoms. The van der Waals surface area contributed by atoms with E-state index in [4.69, 9.17) is 5.73 Å². The Balaban J connectivity index is 2.13. The lowest BCUT2D eigenvalue weighted by Gasteiger charge is -2.10. The SMILES string of the molecule is Cc1cc(N)ccc1NC(=O)Cn1cncc(Br)c1=O. The number of rotatable bonds is 3. The summed E-state index contributed by atoms with van der Waals surface area (Å²) in [6, 6.07) is 5.20. The minimum atomic E-state index is -0.306. The van der Waals surface area contributed by atoms with Crippen molar-refractivity contribution in [2.75, 3.05) is 11.1 Å². The Morgan fingerprint density at radius 2 is 2.25 bits per heavy atom. The van der Waals surface area contributed by atoms with E-state index in [1.165, 1.54) is 17.1 Å². The molecule has 2 aromatic rings. The van der Waals surface area contributed by atoms with Crippen LogP contribution in [0.25, 0.3) is 0 Å². The smallest absolute Gasteiger partial charge is 0.268 e.